The van der Waals surface area contributed by atoms with E-state index in [9.17, 15) is 9.59 Å². The number of rotatable bonds is 6. The lowest BCUT2D eigenvalue weighted by molar-refractivity contribution is -0.128. The van der Waals surface area contributed by atoms with Gasteiger partial charge in [-0.05, 0) is 58.6 Å². The quantitative estimate of drug-likeness (QED) is 0.825. The largest absolute Gasteiger partial charge is 0.444 e. The zero-order valence-corrected chi connectivity index (χ0v) is 16.4. The normalized spacial score (nSPS) is 13.9. The van der Waals surface area contributed by atoms with Gasteiger partial charge in [0, 0.05) is 6.20 Å². The number of alkyl carbamates (subject to hydrolysis) is 1. The second-order valence-corrected chi connectivity index (χ2v) is 8.01. The van der Waals surface area contributed by atoms with Crippen molar-refractivity contribution in [3.8, 4) is 0 Å². The number of nitrogens with one attached hydrogen (secondary N) is 2. The molecule has 0 fully saturated rings. The van der Waals surface area contributed by atoms with Gasteiger partial charge in [0.05, 0.1) is 12.2 Å². The van der Waals surface area contributed by atoms with Crippen LogP contribution in [0.4, 0.5) is 4.79 Å². The van der Waals surface area contributed by atoms with Crippen molar-refractivity contribution in [2.75, 3.05) is 0 Å². The maximum atomic E-state index is 12.8. The highest BCUT2D eigenvalue weighted by Gasteiger charge is 2.37. The number of carbonyl (C=O) groups excluding carboxylic acids is 2. The van der Waals surface area contributed by atoms with Crippen LogP contribution in [0.1, 0.15) is 59.2 Å². The summed E-state index contributed by atoms with van der Waals surface area (Å²) in [6.07, 6.45) is 1.60. The van der Waals surface area contributed by atoms with Crippen molar-refractivity contribution in [1.29, 1.82) is 0 Å². The molecule has 140 valence electrons. The summed E-state index contributed by atoms with van der Waals surface area (Å²) in [6, 6.07) is 3.80. The van der Waals surface area contributed by atoms with Crippen molar-refractivity contribution in [2.45, 2.75) is 72.6 Å². The molecule has 0 spiro atoms. The number of aryl methyl sites for hydroxylation is 1. The van der Waals surface area contributed by atoms with Gasteiger partial charge in [0.15, 0.2) is 0 Å². The number of hydrogen-bond acceptors (Lipinski definition) is 4. The molecule has 0 bridgehead atoms. The number of amides is 2. The standard InChI is InChI=1S/C19H31N3O3/c1-13(2)11-19(7,22-17(24)25-18(4,5)6)16(23)21-12-15-14(3)9-8-10-20-15/h8-10,13H,11-12H2,1-7H3,(H,21,23)(H,22,24). The maximum absolute atomic E-state index is 12.8. The molecule has 0 aliphatic carbocycles. The van der Waals surface area contributed by atoms with Gasteiger partial charge in [-0.3, -0.25) is 9.78 Å². The van der Waals surface area contributed by atoms with Gasteiger partial charge in [0.25, 0.3) is 0 Å². The van der Waals surface area contributed by atoms with Crippen molar-refractivity contribution in [1.82, 2.24) is 15.6 Å². The Morgan fingerprint density at radius 2 is 1.88 bits per heavy atom. The molecule has 0 saturated carbocycles. The van der Waals surface area contributed by atoms with Crippen LogP contribution < -0.4 is 10.6 Å². The molecular formula is C19H31N3O3. The second-order valence-electron chi connectivity index (χ2n) is 8.01. The van der Waals surface area contributed by atoms with Crippen molar-refractivity contribution in [2.24, 2.45) is 5.92 Å². The highest BCUT2D eigenvalue weighted by Crippen LogP contribution is 2.19. The molecule has 0 aliphatic rings. The summed E-state index contributed by atoms with van der Waals surface area (Å²) in [7, 11) is 0. The lowest BCUT2D eigenvalue weighted by atomic mass is 9.89. The Balaban J connectivity index is 2.83. The lowest BCUT2D eigenvalue weighted by Crippen LogP contribution is -2.58. The summed E-state index contributed by atoms with van der Waals surface area (Å²) < 4.78 is 5.30. The Kier molecular flexibility index (Phi) is 6.96. The Labute approximate surface area is 150 Å². The SMILES string of the molecule is Cc1cccnc1CNC(=O)C(C)(CC(C)C)NC(=O)OC(C)(C)C. The van der Waals surface area contributed by atoms with E-state index in [1.54, 1.807) is 33.9 Å². The summed E-state index contributed by atoms with van der Waals surface area (Å²) in [5.74, 6) is -0.0283. The summed E-state index contributed by atoms with van der Waals surface area (Å²) >= 11 is 0. The van der Waals surface area contributed by atoms with E-state index >= 15 is 0 Å². The topological polar surface area (TPSA) is 80.3 Å². The molecule has 0 aromatic carbocycles. The fraction of sp³-hybridized carbons (Fsp3) is 0.632. The molecule has 2 amide bonds. The lowest BCUT2D eigenvalue weighted by Gasteiger charge is -2.32. The second kappa shape index (κ2) is 8.32. The number of aromatic nitrogens is 1. The third-order valence-electron chi connectivity index (χ3n) is 3.63. The summed E-state index contributed by atoms with van der Waals surface area (Å²) in [6.45, 7) is 13.4. The van der Waals surface area contributed by atoms with Gasteiger partial charge in [-0.15, -0.1) is 0 Å². The van der Waals surface area contributed by atoms with Crippen LogP contribution in [0.2, 0.25) is 0 Å². The summed E-state index contributed by atoms with van der Waals surface area (Å²) in [4.78, 5) is 29.2. The number of carbonyl (C=O) groups is 2. The van der Waals surface area contributed by atoms with Crippen molar-refractivity contribution >= 4 is 12.0 Å². The van der Waals surface area contributed by atoms with Crippen molar-refractivity contribution in [3.05, 3.63) is 29.6 Å². The minimum Gasteiger partial charge on any atom is -0.444 e. The van der Waals surface area contributed by atoms with Gasteiger partial charge in [0.2, 0.25) is 5.91 Å². The molecule has 1 unspecified atom stereocenters. The molecule has 1 aromatic heterocycles. The Morgan fingerprint density at radius 3 is 2.40 bits per heavy atom. The summed E-state index contributed by atoms with van der Waals surface area (Å²) in [5, 5.41) is 5.62. The van der Waals surface area contributed by atoms with Crippen LogP contribution in [0, 0.1) is 12.8 Å². The van der Waals surface area contributed by atoms with Crippen LogP contribution in [0.15, 0.2) is 18.3 Å². The Bertz CT molecular complexity index is 608. The number of nitrogens with zero attached hydrogens (tertiary/aromatic N) is 1. The van der Waals surface area contributed by atoms with Crippen LogP contribution >= 0.6 is 0 Å². The van der Waals surface area contributed by atoms with E-state index in [4.69, 9.17) is 4.74 Å². The van der Waals surface area contributed by atoms with Crippen molar-refractivity contribution in [3.63, 3.8) is 0 Å². The number of ether oxygens (including phenoxy) is 1. The first-order valence-electron chi connectivity index (χ1n) is 8.63. The highest BCUT2D eigenvalue weighted by atomic mass is 16.6. The van der Waals surface area contributed by atoms with E-state index in [0.29, 0.717) is 13.0 Å². The smallest absolute Gasteiger partial charge is 0.408 e. The van der Waals surface area contributed by atoms with Crippen LogP contribution in [-0.4, -0.2) is 28.1 Å². The third kappa shape index (κ3) is 7.11. The predicted molar refractivity (Wildman–Crippen MR) is 98.1 cm³/mol. The number of hydrogen-bond donors (Lipinski definition) is 2. The highest BCUT2D eigenvalue weighted by molar-refractivity contribution is 5.89. The predicted octanol–water partition coefficient (Wildman–Crippen LogP) is 3.34. The molecule has 6 nitrogen and oxygen atoms in total. The molecular weight excluding hydrogens is 318 g/mol. The fourth-order valence-electron chi connectivity index (χ4n) is 2.61. The molecule has 6 heteroatoms. The van der Waals surface area contributed by atoms with E-state index in [0.717, 1.165) is 11.3 Å². The monoisotopic (exact) mass is 349 g/mol. The number of pyridine rings is 1. The van der Waals surface area contributed by atoms with Gasteiger partial charge < -0.3 is 15.4 Å². The van der Waals surface area contributed by atoms with Crippen LogP contribution in [0.25, 0.3) is 0 Å². The first-order chi connectivity index (χ1) is 11.4. The summed E-state index contributed by atoms with van der Waals surface area (Å²) in [5.41, 5.74) is 0.136. The molecule has 25 heavy (non-hydrogen) atoms. The Morgan fingerprint density at radius 1 is 1.24 bits per heavy atom. The van der Waals surface area contributed by atoms with Gasteiger partial charge in [0.1, 0.15) is 11.1 Å². The van der Waals surface area contributed by atoms with E-state index < -0.39 is 17.2 Å². The van der Waals surface area contributed by atoms with Crippen LogP contribution in [0.5, 0.6) is 0 Å². The molecule has 0 aliphatic heterocycles. The van der Waals surface area contributed by atoms with Gasteiger partial charge in [-0.25, -0.2) is 4.79 Å². The maximum Gasteiger partial charge on any atom is 0.408 e. The van der Waals surface area contributed by atoms with E-state index in [1.165, 1.54) is 0 Å². The third-order valence-corrected chi connectivity index (χ3v) is 3.63. The van der Waals surface area contributed by atoms with Gasteiger partial charge in [-0.1, -0.05) is 19.9 Å². The van der Waals surface area contributed by atoms with Gasteiger partial charge >= 0.3 is 6.09 Å². The molecule has 0 saturated heterocycles. The minimum atomic E-state index is -1.06. The molecule has 1 aromatic rings. The average Bonchev–Trinajstić information content (AvgIpc) is 2.42. The zero-order chi connectivity index (χ0) is 19.3. The fourth-order valence-corrected chi connectivity index (χ4v) is 2.61. The van der Waals surface area contributed by atoms with E-state index in [1.807, 2.05) is 32.9 Å². The first-order valence-corrected chi connectivity index (χ1v) is 8.63. The first kappa shape index (κ1) is 20.9. The van der Waals surface area contributed by atoms with Crippen LogP contribution in [0.3, 0.4) is 0 Å². The zero-order valence-electron chi connectivity index (χ0n) is 16.4. The average molecular weight is 349 g/mol. The van der Waals surface area contributed by atoms with E-state index in [2.05, 4.69) is 15.6 Å². The van der Waals surface area contributed by atoms with Crippen molar-refractivity contribution < 1.29 is 14.3 Å². The molecule has 0 radical (unpaired) electrons. The van der Waals surface area contributed by atoms with E-state index in [-0.39, 0.29) is 11.8 Å². The Hall–Kier alpha value is -2.11. The molecule has 1 rings (SSSR count). The van der Waals surface area contributed by atoms with Gasteiger partial charge in [-0.2, -0.15) is 0 Å². The molecule has 2 N–H and O–H groups in total. The molecule has 1 atom stereocenters. The minimum absolute atomic E-state index is 0.224. The molecule has 1 heterocycles. The van der Waals surface area contributed by atoms with Crippen LogP contribution in [-0.2, 0) is 16.1 Å².